The number of carbonyl (C=O) groups excluding carboxylic acids is 1. The first-order valence-corrected chi connectivity index (χ1v) is 9.39. The van der Waals surface area contributed by atoms with E-state index in [9.17, 15) is 4.79 Å². The Bertz CT molecular complexity index is 829. The van der Waals surface area contributed by atoms with Gasteiger partial charge < -0.3 is 9.80 Å². The van der Waals surface area contributed by atoms with E-state index in [1.807, 2.05) is 11.9 Å². The Kier molecular flexibility index (Phi) is 4.38. The molecule has 2 aliphatic heterocycles. The van der Waals surface area contributed by atoms with Gasteiger partial charge in [0.05, 0.1) is 11.8 Å². The lowest BCUT2D eigenvalue weighted by Gasteiger charge is -2.33. The summed E-state index contributed by atoms with van der Waals surface area (Å²) in [5.74, 6) is 2.21. The summed E-state index contributed by atoms with van der Waals surface area (Å²) in [4.78, 5) is 26.7. The molecule has 0 unspecified atom stereocenters. The Morgan fingerprint density at radius 3 is 2.81 bits per heavy atom. The van der Waals surface area contributed by atoms with Gasteiger partial charge in [-0.05, 0) is 32.6 Å². The standard InChI is InChI=1S/C19H26N6O/c1-13-16-7-5-8-23(2)18(16)22-17(21-13)14-6-4-9-25(12-14)19(26)15-10-20-24(3)11-15/h10-11,14H,4-9,12H2,1-3H3/t14-/m0/s1. The molecule has 0 saturated carbocycles. The van der Waals surface area contributed by atoms with Crippen molar-refractivity contribution in [3.63, 3.8) is 0 Å². The van der Waals surface area contributed by atoms with Gasteiger partial charge >= 0.3 is 0 Å². The van der Waals surface area contributed by atoms with E-state index < -0.39 is 0 Å². The number of piperidine rings is 1. The molecular weight excluding hydrogens is 328 g/mol. The van der Waals surface area contributed by atoms with Crippen molar-refractivity contribution >= 4 is 11.7 Å². The van der Waals surface area contributed by atoms with E-state index in [2.05, 4.69) is 24.0 Å². The lowest BCUT2D eigenvalue weighted by Crippen LogP contribution is -2.39. The second-order valence-corrected chi connectivity index (χ2v) is 7.49. The van der Waals surface area contributed by atoms with Crippen LogP contribution in [0.5, 0.6) is 0 Å². The molecule has 0 N–H and O–H groups in total. The first-order valence-electron chi connectivity index (χ1n) is 9.39. The van der Waals surface area contributed by atoms with Gasteiger partial charge in [-0.25, -0.2) is 9.97 Å². The molecule has 138 valence electrons. The molecule has 0 aliphatic carbocycles. The van der Waals surface area contributed by atoms with E-state index in [1.54, 1.807) is 17.1 Å². The number of aromatic nitrogens is 4. The molecule has 26 heavy (non-hydrogen) atoms. The molecule has 7 nitrogen and oxygen atoms in total. The number of aryl methyl sites for hydroxylation is 2. The largest absolute Gasteiger partial charge is 0.359 e. The number of rotatable bonds is 2. The molecule has 1 saturated heterocycles. The Hall–Kier alpha value is -2.44. The normalized spacial score (nSPS) is 20.2. The van der Waals surface area contributed by atoms with Crippen molar-refractivity contribution in [2.45, 2.75) is 38.5 Å². The molecule has 0 aromatic carbocycles. The minimum Gasteiger partial charge on any atom is -0.359 e. The third-order valence-electron chi connectivity index (χ3n) is 5.52. The van der Waals surface area contributed by atoms with Crippen LogP contribution in [0.1, 0.15) is 52.6 Å². The number of hydrogen-bond donors (Lipinski definition) is 0. The van der Waals surface area contributed by atoms with E-state index in [1.165, 1.54) is 5.56 Å². The number of carbonyl (C=O) groups is 1. The zero-order valence-electron chi connectivity index (χ0n) is 15.8. The zero-order valence-corrected chi connectivity index (χ0v) is 15.8. The minimum absolute atomic E-state index is 0.0506. The summed E-state index contributed by atoms with van der Waals surface area (Å²) in [5, 5.41) is 4.12. The number of anilines is 1. The van der Waals surface area contributed by atoms with Gasteiger partial charge in [-0.15, -0.1) is 0 Å². The zero-order chi connectivity index (χ0) is 18.3. The highest BCUT2D eigenvalue weighted by Gasteiger charge is 2.29. The van der Waals surface area contributed by atoms with Gasteiger partial charge in [-0.3, -0.25) is 9.48 Å². The van der Waals surface area contributed by atoms with Crippen LogP contribution in [0.25, 0.3) is 0 Å². The molecule has 2 aromatic heterocycles. The van der Waals surface area contributed by atoms with E-state index in [0.717, 1.165) is 56.1 Å². The number of likely N-dealkylation sites (tertiary alicyclic amines) is 1. The van der Waals surface area contributed by atoms with Gasteiger partial charge in [0.2, 0.25) is 0 Å². The summed E-state index contributed by atoms with van der Waals surface area (Å²) < 4.78 is 1.67. The van der Waals surface area contributed by atoms with Crippen LogP contribution in [0.15, 0.2) is 12.4 Å². The summed E-state index contributed by atoms with van der Waals surface area (Å²) >= 11 is 0. The molecule has 7 heteroatoms. The maximum absolute atomic E-state index is 12.8. The lowest BCUT2D eigenvalue weighted by atomic mass is 9.95. The second-order valence-electron chi connectivity index (χ2n) is 7.49. The lowest BCUT2D eigenvalue weighted by molar-refractivity contribution is 0.0704. The second kappa shape index (κ2) is 6.70. The molecule has 2 aromatic rings. The average Bonchev–Trinajstić information content (AvgIpc) is 3.08. The van der Waals surface area contributed by atoms with Crippen LogP contribution in [0.2, 0.25) is 0 Å². The summed E-state index contributed by atoms with van der Waals surface area (Å²) in [6, 6.07) is 0. The van der Waals surface area contributed by atoms with Gasteiger partial charge in [0.15, 0.2) is 0 Å². The van der Waals surface area contributed by atoms with Gasteiger partial charge in [-0.1, -0.05) is 0 Å². The van der Waals surface area contributed by atoms with E-state index in [4.69, 9.17) is 9.97 Å². The van der Waals surface area contributed by atoms with Crippen molar-refractivity contribution in [1.82, 2.24) is 24.6 Å². The molecule has 0 bridgehead atoms. The van der Waals surface area contributed by atoms with Crippen LogP contribution in [0.4, 0.5) is 5.82 Å². The fourth-order valence-corrected chi connectivity index (χ4v) is 4.08. The predicted octanol–water partition coefficient (Wildman–Crippen LogP) is 1.92. The molecule has 4 rings (SSSR count). The first-order chi connectivity index (χ1) is 12.5. The van der Waals surface area contributed by atoms with Crippen LogP contribution < -0.4 is 4.90 Å². The number of nitrogens with zero attached hydrogens (tertiary/aromatic N) is 6. The molecule has 1 amide bonds. The number of fused-ring (bicyclic) bond motifs is 1. The Morgan fingerprint density at radius 1 is 1.19 bits per heavy atom. The van der Waals surface area contributed by atoms with Crippen LogP contribution >= 0.6 is 0 Å². The van der Waals surface area contributed by atoms with E-state index in [0.29, 0.717) is 12.1 Å². The third kappa shape index (κ3) is 3.06. The third-order valence-corrected chi connectivity index (χ3v) is 5.52. The minimum atomic E-state index is 0.0506. The molecule has 4 heterocycles. The summed E-state index contributed by atoms with van der Waals surface area (Å²) in [6.45, 7) is 4.59. The summed E-state index contributed by atoms with van der Waals surface area (Å²) in [7, 11) is 3.93. The predicted molar refractivity (Wildman–Crippen MR) is 99.4 cm³/mol. The molecule has 2 aliphatic rings. The maximum Gasteiger partial charge on any atom is 0.257 e. The van der Waals surface area contributed by atoms with Gasteiger partial charge in [0.25, 0.3) is 5.91 Å². The molecule has 1 atom stereocenters. The maximum atomic E-state index is 12.8. The van der Waals surface area contributed by atoms with Crippen molar-refractivity contribution in [2.24, 2.45) is 7.05 Å². The highest BCUT2D eigenvalue weighted by atomic mass is 16.2. The van der Waals surface area contributed by atoms with Gasteiger partial charge in [-0.2, -0.15) is 5.10 Å². The van der Waals surface area contributed by atoms with Gasteiger partial charge in [0.1, 0.15) is 11.6 Å². The van der Waals surface area contributed by atoms with Gasteiger partial charge in [0, 0.05) is 57.1 Å². The van der Waals surface area contributed by atoms with Crippen LogP contribution in [0, 0.1) is 6.92 Å². The fraction of sp³-hybridized carbons (Fsp3) is 0.579. The Labute approximate surface area is 154 Å². The molecule has 1 fully saturated rings. The average molecular weight is 354 g/mol. The topological polar surface area (TPSA) is 67.2 Å². The summed E-state index contributed by atoms with van der Waals surface area (Å²) in [5.41, 5.74) is 3.02. The Morgan fingerprint density at radius 2 is 2.04 bits per heavy atom. The highest BCUT2D eigenvalue weighted by Crippen LogP contribution is 2.31. The fourth-order valence-electron chi connectivity index (χ4n) is 4.08. The SMILES string of the molecule is Cc1nc([C@H]2CCCN(C(=O)c3cnn(C)c3)C2)nc2c1CCCN2C. The number of hydrogen-bond acceptors (Lipinski definition) is 5. The quantitative estimate of drug-likeness (QED) is 0.824. The van der Waals surface area contributed by atoms with Crippen molar-refractivity contribution in [1.29, 1.82) is 0 Å². The first kappa shape index (κ1) is 17.0. The monoisotopic (exact) mass is 354 g/mol. The molecule has 0 spiro atoms. The van der Waals surface area contributed by atoms with Crippen molar-refractivity contribution < 1.29 is 4.79 Å². The Balaban J connectivity index is 1.57. The van der Waals surface area contributed by atoms with Crippen LogP contribution in [-0.2, 0) is 13.5 Å². The van der Waals surface area contributed by atoms with Crippen molar-refractivity contribution in [2.75, 3.05) is 31.6 Å². The van der Waals surface area contributed by atoms with Crippen molar-refractivity contribution in [3.05, 3.63) is 35.0 Å². The highest BCUT2D eigenvalue weighted by molar-refractivity contribution is 5.93. The molecule has 0 radical (unpaired) electrons. The van der Waals surface area contributed by atoms with Crippen LogP contribution in [-0.4, -0.2) is 57.2 Å². The van der Waals surface area contributed by atoms with E-state index in [-0.39, 0.29) is 11.8 Å². The molecular formula is C19H26N6O. The summed E-state index contributed by atoms with van der Waals surface area (Å²) in [6.07, 6.45) is 7.64. The van der Waals surface area contributed by atoms with E-state index >= 15 is 0 Å². The van der Waals surface area contributed by atoms with Crippen LogP contribution in [0.3, 0.4) is 0 Å². The number of amides is 1. The smallest absolute Gasteiger partial charge is 0.257 e. The van der Waals surface area contributed by atoms with Crippen molar-refractivity contribution in [3.8, 4) is 0 Å².